The first-order valence-electron chi connectivity index (χ1n) is 5.30. The SMILES string of the molecule is CC(C)(CNc1ccc(C(N)=O)cc1Br)C(=O)O. The molecule has 1 aromatic carbocycles. The molecule has 6 heteroatoms. The molecule has 5 nitrogen and oxygen atoms in total. The molecule has 0 heterocycles. The van der Waals surface area contributed by atoms with Gasteiger partial charge in [-0.05, 0) is 48.0 Å². The number of nitrogens with one attached hydrogen (secondary N) is 1. The Morgan fingerprint density at radius 1 is 1.44 bits per heavy atom. The van der Waals surface area contributed by atoms with E-state index >= 15 is 0 Å². The maximum atomic E-state index is 11.0. The number of benzene rings is 1. The minimum Gasteiger partial charge on any atom is -0.481 e. The molecule has 0 saturated carbocycles. The molecule has 1 aromatic rings. The van der Waals surface area contributed by atoms with Crippen LogP contribution in [-0.2, 0) is 4.79 Å². The van der Waals surface area contributed by atoms with E-state index in [1.165, 1.54) is 0 Å². The maximum Gasteiger partial charge on any atom is 0.310 e. The van der Waals surface area contributed by atoms with Crippen LogP contribution in [0.5, 0.6) is 0 Å². The Kier molecular flexibility index (Phi) is 4.34. The van der Waals surface area contributed by atoms with Crippen molar-refractivity contribution in [1.82, 2.24) is 0 Å². The van der Waals surface area contributed by atoms with Crippen LogP contribution in [0.3, 0.4) is 0 Å². The Morgan fingerprint density at radius 2 is 2.06 bits per heavy atom. The van der Waals surface area contributed by atoms with Crippen LogP contribution in [-0.4, -0.2) is 23.5 Å². The van der Waals surface area contributed by atoms with E-state index < -0.39 is 17.3 Å². The van der Waals surface area contributed by atoms with Crippen molar-refractivity contribution in [3.63, 3.8) is 0 Å². The van der Waals surface area contributed by atoms with Gasteiger partial charge in [0.25, 0.3) is 0 Å². The number of halogens is 1. The number of primary amides is 1. The molecule has 0 aliphatic carbocycles. The molecule has 4 N–H and O–H groups in total. The number of nitrogens with two attached hydrogens (primary N) is 1. The van der Waals surface area contributed by atoms with Crippen LogP contribution < -0.4 is 11.1 Å². The average Bonchev–Trinajstić information content (AvgIpc) is 2.26. The van der Waals surface area contributed by atoms with E-state index in [1.54, 1.807) is 32.0 Å². The molecule has 18 heavy (non-hydrogen) atoms. The summed E-state index contributed by atoms with van der Waals surface area (Å²) in [6.07, 6.45) is 0. The van der Waals surface area contributed by atoms with Crippen LogP contribution >= 0.6 is 15.9 Å². The first-order valence-corrected chi connectivity index (χ1v) is 6.10. The summed E-state index contributed by atoms with van der Waals surface area (Å²) >= 11 is 3.30. The van der Waals surface area contributed by atoms with Crippen LogP contribution in [0.2, 0.25) is 0 Å². The number of carbonyl (C=O) groups is 2. The number of rotatable bonds is 5. The van der Waals surface area contributed by atoms with Gasteiger partial charge in [-0.15, -0.1) is 0 Å². The molecule has 0 aliphatic rings. The smallest absolute Gasteiger partial charge is 0.310 e. The zero-order chi connectivity index (χ0) is 13.9. The summed E-state index contributed by atoms with van der Waals surface area (Å²) in [5, 5.41) is 12.0. The van der Waals surface area contributed by atoms with Crippen LogP contribution in [0.1, 0.15) is 24.2 Å². The molecule has 0 saturated heterocycles. The monoisotopic (exact) mass is 314 g/mol. The molecule has 0 atom stereocenters. The summed E-state index contributed by atoms with van der Waals surface area (Å²) < 4.78 is 0.667. The van der Waals surface area contributed by atoms with E-state index in [0.717, 1.165) is 0 Å². The number of anilines is 1. The van der Waals surface area contributed by atoms with Gasteiger partial charge in [-0.25, -0.2) is 0 Å². The highest BCUT2D eigenvalue weighted by molar-refractivity contribution is 9.10. The second kappa shape index (κ2) is 5.39. The van der Waals surface area contributed by atoms with E-state index in [2.05, 4.69) is 21.2 Å². The first-order chi connectivity index (χ1) is 8.24. The second-order valence-electron chi connectivity index (χ2n) is 4.60. The fraction of sp³-hybridized carbons (Fsp3) is 0.333. The molecular formula is C12H15BrN2O3. The lowest BCUT2D eigenvalue weighted by atomic mass is 9.94. The van der Waals surface area contributed by atoms with Gasteiger partial charge in [-0.1, -0.05) is 0 Å². The fourth-order valence-electron chi connectivity index (χ4n) is 1.20. The first kappa shape index (κ1) is 14.5. The van der Waals surface area contributed by atoms with Crippen molar-refractivity contribution in [3.8, 4) is 0 Å². The Bertz CT molecular complexity index is 486. The predicted octanol–water partition coefficient (Wildman–Crippen LogP) is 2.07. The topological polar surface area (TPSA) is 92.4 Å². The molecule has 1 rings (SSSR count). The molecule has 0 spiro atoms. The fourth-order valence-corrected chi connectivity index (χ4v) is 1.72. The van der Waals surface area contributed by atoms with Gasteiger partial charge in [0.15, 0.2) is 0 Å². The number of amides is 1. The van der Waals surface area contributed by atoms with Crippen molar-refractivity contribution in [1.29, 1.82) is 0 Å². The summed E-state index contributed by atoms with van der Waals surface area (Å²) in [6.45, 7) is 3.54. The van der Waals surface area contributed by atoms with Crippen molar-refractivity contribution in [2.45, 2.75) is 13.8 Å². The van der Waals surface area contributed by atoms with Crippen molar-refractivity contribution >= 4 is 33.5 Å². The third-order valence-electron chi connectivity index (χ3n) is 2.55. The highest BCUT2D eigenvalue weighted by atomic mass is 79.9. The predicted molar refractivity (Wildman–Crippen MR) is 72.6 cm³/mol. The van der Waals surface area contributed by atoms with Gasteiger partial charge in [0.2, 0.25) is 5.91 Å². The minimum atomic E-state index is -0.875. The largest absolute Gasteiger partial charge is 0.481 e. The van der Waals surface area contributed by atoms with Crippen LogP contribution in [0.15, 0.2) is 22.7 Å². The van der Waals surface area contributed by atoms with Gasteiger partial charge >= 0.3 is 5.97 Å². The van der Waals surface area contributed by atoms with Gasteiger partial charge in [0, 0.05) is 22.3 Å². The number of carbonyl (C=O) groups excluding carboxylic acids is 1. The van der Waals surface area contributed by atoms with Crippen LogP contribution in [0.4, 0.5) is 5.69 Å². The molecule has 0 fully saturated rings. The third-order valence-corrected chi connectivity index (χ3v) is 3.21. The number of hydrogen-bond donors (Lipinski definition) is 3. The quantitative estimate of drug-likeness (QED) is 0.775. The highest BCUT2D eigenvalue weighted by Gasteiger charge is 2.26. The van der Waals surface area contributed by atoms with Crippen molar-refractivity contribution in [2.75, 3.05) is 11.9 Å². The number of hydrogen-bond acceptors (Lipinski definition) is 3. The van der Waals surface area contributed by atoms with Crippen molar-refractivity contribution < 1.29 is 14.7 Å². The van der Waals surface area contributed by atoms with E-state index in [0.29, 0.717) is 15.7 Å². The summed E-state index contributed by atoms with van der Waals surface area (Å²) in [7, 11) is 0. The molecule has 0 unspecified atom stereocenters. The van der Waals surface area contributed by atoms with Crippen molar-refractivity contribution in [3.05, 3.63) is 28.2 Å². The molecule has 0 aromatic heterocycles. The summed E-state index contributed by atoms with van der Waals surface area (Å²) in [5.74, 6) is -1.38. The molecule has 98 valence electrons. The minimum absolute atomic E-state index is 0.275. The lowest BCUT2D eigenvalue weighted by Gasteiger charge is -2.20. The molecule has 0 aliphatic heterocycles. The van der Waals surface area contributed by atoms with E-state index in [4.69, 9.17) is 10.8 Å². The Morgan fingerprint density at radius 3 is 2.50 bits per heavy atom. The van der Waals surface area contributed by atoms with Crippen molar-refractivity contribution in [2.24, 2.45) is 11.1 Å². The number of carboxylic acids is 1. The maximum absolute atomic E-state index is 11.0. The Hall–Kier alpha value is -1.56. The highest BCUT2D eigenvalue weighted by Crippen LogP contribution is 2.25. The zero-order valence-corrected chi connectivity index (χ0v) is 11.7. The Labute approximate surface area is 113 Å². The van der Waals surface area contributed by atoms with E-state index in [-0.39, 0.29) is 6.54 Å². The summed E-state index contributed by atoms with van der Waals surface area (Å²) in [5.41, 5.74) is 5.39. The average molecular weight is 315 g/mol. The van der Waals surface area contributed by atoms with Crippen LogP contribution in [0, 0.1) is 5.41 Å². The molecule has 1 amide bonds. The Balaban J connectivity index is 2.81. The van der Waals surface area contributed by atoms with Crippen LogP contribution in [0.25, 0.3) is 0 Å². The summed E-state index contributed by atoms with van der Waals surface area (Å²) in [4.78, 5) is 21.9. The van der Waals surface area contributed by atoms with Gasteiger partial charge in [-0.3, -0.25) is 9.59 Å². The van der Waals surface area contributed by atoms with Gasteiger partial charge < -0.3 is 16.2 Å². The summed E-state index contributed by atoms with van der Waals surface area (Å²) in [6, 6.07) is 4.86. The lowest BCUT2D eigenvalue weighted by molar-refractivity contribution is -0.146. The second-order valence-corrected chi connectivity index (χ2v) is 5.46. The molecular weight excluding hydrogens is 300 g/mol. The third kappa shape index (κ3) is 3.46. The van der Waals surface area contributed by atoms with E-state index in [9.17, 15) is 9.59 Å². The standard InChI is InChI=1S/C12H15BrN2O3/c1-12(2,11(17)18)6-15-9-4-3-7(10(14)16)5-8(9)13/h3-5,15H,6H2,1-2H3,(H2,14,16)(H,17,18). The number of aliphatic carboxylic acids is 1. The van der Waals surface area contributed by atoms with Gasteiger partial charge in [0.05, 0.1) is 5.41 Å². The molecule has 0 bridgehead atoms. The lowest BCUT2D eigenvalue weighted by Crippen LogP contribution is -2.31. The zero-order valence-electron chi connectivity index (χ0n) is 10.2. The van der Waals surface area contributed by atoms with E-state index in [1.807, 2.05) is 0 Å². The normalized spacial score (nSPS) is 11.1. The number of carboxylic acid groups (broad SMARTS) is 1. The van der Waals surface area contributed by atoms with Gasteiger partial charge in [-0.2, -0.15) is 0 Å². The molecule has 0 radical (unpaired) electrons. The van der Waals surface area contributed by atoms with Gasteiger partial charge in [0.1, 0.15) is 0 Å².